The monoisotopic (exact) mass is 357 g/mol. The predicted molar refractivity (Wildman–Crippen MR) is 107 cm³/mol. The first-order valence-corrected chi connectivity index (χ1v) is 8.26. The molecule has 3 N–H and O–H groups in total. The van der Waals surface area contributed by atoms with E-state index in [4.69, 9.17) is 21.7 Å². The molecular formula is C19H23N3O2S. The molecule has 0 saturated heterocycles. The van der Waals surface area contributed by atoms with Crippen molar-refractivity contribution >= 4 is 28.7 Å². The predicted octanol–water partition coefficient (Wildman–Crippen LogP) is 3.86. The van der Waals surface area contributed by atoms with E-state index < -0.39 is 0 Å². The summed E-state index contributed by atoms with van der Waals surface area (Å²) in [5.41, 5.74) is 10.1. The average Bonchev–Trinajstić information content (AvgIpc) is 2.63. The van der Waals surface area contributed by atoms with Crippen molar-refractivity contribution in [2.45, 2.75) is 13.8 Å². The van der Waals surface area contributed by atoms with Crippen LogP contribution in [-0.2, 0) is 0 Å². The minimum Gasteiger partial charge on any atom is -0.493 e. The number of anilines is 1. The van der Waals surface area contributed by atoms with E-state index in [1.54, 1.807) is 14.2 Å². The van der Waals surface area contributed by atoms with Crippen molar-refractivity contribution in [2.24, 2.45) is 0 Å². The van der Waals surface area contributed by atoms with Gasteiger partial charge in [0.2, 0.25) is 0 Å². The standard InChI is InChI=1S/C19H23N3O2S/c1-5-16(14-8-11-17(23-3)18(12-14)24-4)21-22-19(25)20-15-9-6-13(2)7-10-15/h5-12,21H,1-4H3,(H2,20,22,25)/b16-5-. The first-order valence-electron chi connectivity index (χ1n) is 7.85. The molecule has 0 aliphatic rings. The van der Waals surface area contributed by atoms with E-state index in [1.165, 1.54) is 5.56 Å². The van der Waals surface area contributed by atoms with E-state index in [9.17, 15) is 0 Å². The third-order valence-electron chi connectivity index (χ3n) is 3.60. The van der Waals surface area contributed by atoms with Crippen molar-refractivity contribution in [2.75, 3.05) is 19.5 Å². The number of methoxy groups -OCH3 is 2. The van der Waals surface area contributed by atoms with E-state index in [2.05, 4.69) is 16.2 Å². The lowest BCUT2D eigenvalue weighted by molar-refractivity contribution is 0.355. The number of hydrogen-bond acceptors (Lipinski definition) is 4. The average molecular weight is 357 g/mol. The summed E-state index contributed by atoms with van der Waals surface area (Å²) in [6.45, 7) is 3.99. The molecule has 0 radical (unpaired) electrons. The number of thiocarbonyl (C=S) groups is 1. The maximum absolute atomic E-state index is 5.35. The first kappa shape index (κ1) is 18.6. The molecule has 132 valence electrons. The lowest BCUT2D eigenvalue weighted by atomic mass is 10.1. The van der Waals surface area contributed by atoms with E-state index in [-0.39, 0.29) is 0 Å². The molecular weight excluding hydrogens is 334 g/mol. The fourth-order valence-corrected chi connectivity index (χ4v) is 2.41. The minimum atomic E-state index is 0.476. The van der Waals surface area contributed by atoms with Crippen LogP contribution in [0.4, 0.5) is 5.69 Å². The molecule has 0 bridgehead atoms. The Morgan fingerprint density at radius 3 is 2.24 bits per heavy atom. The molecule has 6 heteroatoms. The van der Waals surface area contributed by atoms with Gasteiger partial charge in [-0.2, -0.15) is 0 Å². The lowest BCUT2D eigenvalue weighted by Gasteiger charge is -2.16. The second kappa shape index (κ2) is 8.94. The number of rotatable bonds is 6. The summed E-state index contributed by atoms with van der Waals surface area (Å²) >= 11 is 5.32. The van der Waals surface area contributed by atoms with Crippen LogP contribution in [-0.4, -0.2) is 19.3 Å². The quantitative estimate of drug-likeness (QED) is 0.539. The number of benzene rings is 2. The van der Waals surface area contributed by atoms with Gasteiger partial charge >= 0.3 is 0 Å². The Kier molecular flexibility index (Phi) is 6.65. The van der Waals surface area contributed by atoms with Crippen LogP contribution < -0.4 is 25.6 Å². The Morgan fingerprint density at radius 1 is 0.960 bits per heavy atom. The Labute approximate surface area is 154 Å². The van der Waals surface area contributed by atoms with Crippen LogP contribution in [0.5, 0.6) is 11.5 Å². The van der Waals surface area contributed by atoms with Crippen molar-refractivity contribution in [1.82, 2.24) is 10.9 Å². The highest BCUT2D eigenvalue weighted by molar-refractivity contribution is 7.80. The summed E-state index contributed by atoms with van der Waals surface area (Å²) in [4.78, 5) is 0. The summed E-state index contributed by atoms with van der Waals surface area (Å²) in [7, 11) is 3.23. The summed E-state index contributed by atoms with van der Waals surface area (Å²) in [6, 6.07) is 13.7. The van der Waals surface area contributed by atoms with Gasteiger partial charge in [0.15, 0.2) is 16.6 Å². The molecule has 0 aliphatic carbocycles. The van der Waals surface area contributed by atoms with Crippen LogP contribution in [0, 0.1) is 6.92 Å². The molecule has 2 rings (SSSR count). The third-order valence-corrected chi connectivity index (χ3v) is 3.81. The first-order chi connectivity index (χ1) is 12.1. The van der Waals surface area contributed by atoms with Gasteiger partial charge in [0.1, 0.15) is 0 Å². The van der Waals surface area contributed by atoms with Gasteiger partial charge in [-0.1, -0.05) is 23.8 Å². The normalized spacial score (nSPS) is 10.8. The van der Waals surface area contributed by atoms with Crippen molar-refractivity contribution in [3.8, 4) is 11.5 Å². The van der Waals surface area contributed by atoms with E-state index in [0.717, 1.165) is 16.9 Å². The van der Waals surface area contributed by atoms with Crippen molar-refractivity contribution < 1.29 is 9.47 Å². The highest BCUT2D eigenvalue weighted by Crippen LogP contribution is 2.29. The summed E-state index contributed by atoms with van der Waals surface area (Å²) in [5, 5.41) is 3.60. The second-order valence-electron chi connectivity index (χ2n) is 5.34. The van der Waals surface area contributed by atoms with Gasteiger partial charge in [-0.05, 0) is 56.4 Å². The summed E-state index contributed by atoms with van der Waals surface area (Å²) in [5.74, 6) is 1.35. The molecule has 0 unspecified atom stereocenters. The Bertz CT molecular complexity index is 758. The Hall–Kier alpha value is -2.73. The molecule has 0 atom stereocenters. The van der Waals surface area contributed by atoms with Crippen LogP contribution in [0.1, 0.15) is 18.1 Å². The van der Waals surface area contributed by atoms with Crippen molar-refractivity contribution in [3.05, 3.63) is 59.7 Å². The molecule has 2 aromatic rings. The Morgan fingerprint density at radius 2 is 1.64 bits per heavy atom. The zero-order valence-corrected chi connectivity index (χ0v) is 15.7. The lowest BCUT2D eigenvalue weighted by Crippen LogP contribution is -2.39. The van der Waals surface area contributed by atoms with Gasteiger partial charge in [-0.25, -0.2) is 0 Å². The van der Waals surface area contributed by atoms with Gasteiger partial charge in [-0.3, -0.25) is 10.9 Å². The fraction of sp³-hybridized carbons (Fsp3) is 0.211. The SMILES string of the molecule is C/C=C(\NNC(=S)Nc1ccc(C)cc1)c1ccc(OC)c(OC)c1. The van der Waals surface area contributed by atoms with Gasteiger partial charge in [0.05, 0.1) is 19.9 Å². The summed E-state index contributed by atoms with van der Waals surface area (Å²) < 4.78 is 10.6. The number of ether oxygens (including phenoxy) is 2. The van der Waals surface area contributed by atoms with Gasteiger partial charge in [0.25, 0.3) is 0 Å². The zero-order chi connectivity index (χ0) is 18.2. The minimum absolute atomic E-state index is 0.476. The molecule has 0 aliphatic heterocycles. The van der Waals surface area contributed by atoms with Gasteiger partial charge < -0.3 is 14.8 Å². The largest absolute Gasteiger partial charge is 0.493 e. The maximum atomic E-state index is 5.35. The van der Waals surface area contributed by atoms with Crippen LogP contribution in [0.2, 0.25) is 0 Å². The molecule has 25 heavy (non-hydrogen) atoms. The highest BCUT2D eigenvalue weighted by Gasteiger charge is 2.08. The number of aryl methyl sites for hydroxylation is 1. The fourth-order valence-electron chi connectivity index (χ4n) is 2.24. The number of allylic oxidation sites excluding steroid dienone is 1. The molecule has 0 aromatic heterocycles. The van der Waals surface area contributed by atoms with Gasteiger partial charge in [0, 0.05) is 11.3 Å². The Balaban J connectivity index is 2.00. The van der Waals surface area contributed by atoms with E-state index >= 15 is 0 Å². The van der Waals surface area contributed by atoms with Crippen molar-refractivity contribution in [1.29, 1.82) is 0 Å². The summed E-state index contributed by atoms with van der Waals surface area (Å²) in [6.07, 6.45) is 1.95. The van der Waals surface area contributed by atoms with Crippen LogP contribution in [0.25, 0.3) is 5.70 Å². The highest BCUT2D eigenvalue weighted by atomic mass is 32.1. The van der Waals surface area contributed by atoms with E-state index in [1.807, 2.05) is 62.4 Å². The molecule has 0 saturated carbocycles. The van der Waals surface area contributed by atoms with Crippen LogP contribution in [0.3, 0.4) is 0 Å². The van der Waals surface area contributed by atoms with Crippen LogP contribution >= 0.6 is 12.2 Å². The topological polar surface area (TPSA) is 54.5 Å². The second-order valence-corrected chi connectivity index (χ2v) is 5.75. The molecule has 0 amide bonds. The number of hydrazine groups is 1. The zero-order valence-electron chi connectivity index (χ0n) is 14.8. The maximum Gasteiger partial charge on any atom is 0.189 e. The van der Waals surface area contributed by atoms with Crippen LogP contribution in [0.15, 0.2) is 48.5 Å². The third kappa shape index (κ3) is 5.12. The molecule has 0 spiro atoms. The van der Waals surface area contributed by atoms with Gasteiger partial charge in [-0.15, -0.1) is 0 Å². The van der Waals surface area contributed by atoms with Crippen molar-refractivity contribution in [3.63, 3.8) is 0 Å². The molecule has 2 aromatic carbocycles. The molecule has 0 heterocycles. The number of hydrogen-bond donors (Lipinski definition) is 3. The molecule has 5 nitrogen and oxygen atoms in total. The number of nitrogens with one attached hydrogen (secondary N) is 3. The van der Waals surface area contributed by atoms with E-state index in [0.29, 0.717) is 16.6 Å². The molecule has 0 fully saturated rings. The smallest absolute Gasteiger partial charge is 0.189 e.